The normalized spacial score (nSPS) is 17.4. The van der Waals surface area contributed by atoms with Gasteiger partial charge in [0.1, 0.15) is 0 Å². The SMILES string of the molecule is CC1CCCC(n2cnc(-c3cc(Cl)ccc3NC(=O)C(F)(F)F)cc2=O)c2cc(ccn2)-c2c(cnn2C)NC1=O. The molecule has 1 aliphatic rings. The Morgan fingerprint density at radius 1 is 1.12 bits per heavy atom. The molecule has 4 heterocycles. The van der Waals surface area contributed by atoms with Crippen LogP contribution in [-0.4, -0.2) is 42.3 Å². The number of hydrogen-bond donors (Lipinski definition) is 2. The van der Waals surface area contributed by atoms with Crippen LogP contribution in [-0.2, 0) is 16.6 Å². The van der Waals surface area contributed by atoms with E-state index in [2.05, 4.69) is 20.4 Å². The number of aryl methyl sites for hydroxylation is 1. The Morgan fingerprint density at radius 3 is 2.64 bits per heavy atom. The number of halogens is 4. The van der Waals surface area contributed by atoms with E-state index < -0.39 is 23.7 Å². The summed E-state index contributed by atoms with van der Waals surface area (Å²) in [7, 11) is 1.76. The van der Waals surface area contributed by atoms with E-state index in [0.717, 1.165) is 5.56 Å². The molecule has 0 fully saturated rings. The third-order valence-electron chi connectivity index (χ3n) is 7.09. The number of rotatable bonds is 3. The Kier molecular flexibility index (Phi) is 7.87. The number of anilines is 2. The number of aromatic nitrogens is 5. The van der Waals surface area contributed by atoms with Crippen LogP contribution in [0.5, 0.6) is 0 Å². The van der Waals surface area contributed by atoms with Gasteiger partial charge in [-0.2, -0.15) is 18.3 Å². The van der Waals surface area contributed by atoms with E-state index >= 15 is 0 Å². The molecule has 1 aliphatic heterocycles. The summed E-state index contributed by atoms with van der Waals surface area (Å²) in [4.78, 5) is 46.9. The molecular weight excluding hydrogens is 575 g/mol. The molecule has 42 heavy (non-hydrogen) atoms. The lowest BCUT2D eigenvalue weighted by atomic mass is 9.97. The van der Waals surface area contributed by atoms with Crippen LogP contribution >= 0.6 is 11.6 Å². The minimum Gasteiger partial charge on any atom is -0.323 e. The zero-order valence-electron chi connectivity index (χ0n) is 22.4. The average Bonchev–Trinajstić information content (AvgIpc) is 3.30. The van der Waals surface area contributed by atoms with Crippen LogP contribution in [0.25, 0.3) is 22.5 Å². The molecule has 2 bridgehead atoms. The first kappa shape index (κ1) is 29.0. The van der Waals surface area contributed by atoms with Gasteiger partial charge < -0.3 is 10.6 Å². The van der Waals surface area contributed by atoms with E-state index in [1.165, 1.54) is 35.2 Å². The van der Waals surface area contributed by atoms with Gasteiger partial charge in [-0.05, 0) is 43.2 Å². The zero-order chi connectivity index (χ0) is 30.2. The molecule has 2 atom stereocenters. The molecule has 10 nitrogen and oxygen atoms in total. The molecular formula is C28H25ClF3N7O3. The third kappa shape index (κ3) is 5.91. The fourth-order valence-electron chi connectivity index (χ4n) is 4.91. The lowest BCUT2D eigenvalue weighted by Gasteiger charge is -2.22. The summed E-state index contributed by atoms with van der Waals surface area (Å²) in [6.07, 6.45) is 0.958. The summed E-state index contributed by atoms with van der Waals surface area (Å²) in [6.45, 7) is 1.83. The van der Waals surface area contributed by atoms with E-state index in [0.29, 0.717) is 36.3 Å². The van der Waals surface area contributed by atoms with Gasteiger partial charge in [0.15, 0.2) is 0 Å². The number of hydrogen-bond acceptors (Lipinski definition) is 6. The number of fused-ring (bicyclic) bond motifs is 4. The number of pyridine rings is 1. The Hall–Kier alpha value is -4.52. The van der Waals surface area contributed by atoms with Crippen LogP contribution < -0.4 is 16.2 Å². The molecule has 5 rings (SSSR count). The van der Waals surface area contributed by atoms with Crippen molar-refractivity contribution in [1.29, 1.82) is 0 Å². The maximum atomic E-state index is 13.5. The van der Waals surface area contributed by atoms with Gasteiger partial charge in [-0.3, -0.25) is 28.6 Å². The van der Waals surface area contributed by atoms with Crippen molar-refractivity contribution in [3.8, 4) is 22.5 Å². The monoisotopic (exact) mass is 599 g/mol. The smallest absolute Gasteiger partial charge is 0.323 e. The number of nitrogens with zero attached hydrogens (tertiary/aromatic N) is 5. The van der Waals surface area contributed by atoms with E-state index in [1.54, 1.807) is 30.2 Å². The van der Waals surface area contributed by atoms with Gasteiger partial charge in [-0.15, -0.1) is 0 Å². The van der Waals surface area contributed by atoms with Crippen molar-refractivity contribution in [2.75, 3.05) is 10.6 Å². The average molecular weight is 600 g/mol. The number of nitrogens with one attached hydrogen (secondary N) is 2. The van der Waals surface area contributed by atoms with Crippen molar-refractivity contribution >= 4 is 34.8 Å². The number of benzene rings is 1. The highest BCUT2D eigenvalue weighted by Gasteiger charge is 2.39. The van der Waals surface area contributed by atoms with E-state index in [1.807, 2.05) is 18.3 Å². The predicted octanol–water partition coefficient (Wildman–Crippen LogP) is 5.21. The molecule has 4 aromatic rings. The van der Waals surface area contributed by atoms with Crippen LogP contribution in [0.4, 0.5) is 24.5 Å². The number of alkyl halides is 3. The lowest BCUT2D eigenvalue weighted by Crippen LogP contribution is -2.30. The maximum absolute atomic E-state index is 13.5. The first-order valence-corrected chi connectivity index (χ1v) is 13.4. The van der Waals surface area contributed by atoms with Gasteiger partial charge in [-0.1, -0.05) is 24.9 Å². The summed E-state index contributed by atoms with van der Waals surface area (Å²) >= 11 is 6.08. The van der Waals surface area contributed by atoms with Crippen LogP contribution in [0.1, 0.15) is 37.9 Å². The topological polar surface area (TPSA) is 124 Å². The molecule has 14 heteroatoms. The standard InChI is InChI=1S/C28H25ClF3N7O3/c1-15-4-3-5-23(21-10-16(8-9-33-21)25-22(36-26(15)41)13-35-38(25)2)39-14-34-20(12-24(39)40)18-11-17(29)6-7-19(18)37-27(42)28(30,31)32/h6-15,23H,3-5H2,1-2H3,(H,36,41)(H,37,42). The van der Waals surface area contributed by atoms with Gasteiger partial charge in [-0.25, -0.2) is 4.98 Å². The number of amides is 2. The van der Waals surface area contributed by atoms with E-state index in [-0.39, 0.29) is 33.8 Å². The lowest BCUT2D eigenvalue weighted by molar-refractivity contribution is -0.167. The first-order valence-electron chi connectivity index (χ1n) is 13.0. The minimum atomic E-state index is -5.11. The summed E-state index contributed by atoms with van der Waals surface area (Å²) in [5.41, 5.74) is 1.92. The second kappa shape index (κ2) is 11.4. The quantitative estimate of drug-likeness (QED) is 0.333. The van der Waals surface area contributed by atoms with Crippen molar-refractivity contribution in [2.24, 2.45) is 13.0 Å². The maximum Gasteiger partial charge on any atom is 0.471 e. The fourth-order valence-corrected chi connectivity index (χ4v) is 5.08. The second-order valence-corrected chi connectivity index (χ2v) is 10.4. The second-order valence-electron chi connectivity index (χ2n) is 10.00. The van der Waals surface area contributed by atoms with Crippen molar-refractivity contribution in [1.82, 2.24) is 24.3 Å². The highest BCUT2D eigenvalue weighted by molar-refractivity contribution is 6.31. The van der Waals surface area contributed by atoms with Crippen molar-refractivity contribution in [2.45, 2.75) is 38.4 Å². The highest BCUT2D eigenvalue weighted by atomic mass is 35.5. The Balaban J connectivity index is 1.57. The molecule has 3 aromatic heterocycles. The molecule has 2 N–H and O–H groups in total. The van der Waals surface area contributed by atoms with Gasteiger partial charge in [0, 0.05) is 41.4 Å². The van der Waals surface area contributed by atoms with Crippen LogP contribution in [0.3, 0.4) is 0 Å². The van der Waals surface area contributed by atoms with Crippen LogP contribution in [0.15, 0.2) is 59.9 Å². The van der Waals surface area contributed by atoms with Gasteiger partial charge in [0.2, 0.25) is 5.91 Å². The fraction of sp³-hybridized carbons (Fsp3) is 0.286. The highest BCUT2D eigenvalue weighted by Crippen LogP contribution is 2.34. The number of carbonyl (C=O) groups excluding carboxylic acids is 2. The molecule has 2 amide bonds. The summed E-state index contributed by atoms with van der Waals surface area (Å²) < 4.78 is 41.8. The summed E-state index contributed by atoms with van der Waals surface area (Å²) in [6, 6.07) is 8.06. The van der Waals surface area contributed by atoms with E-state index in [9.17, 15) is 27.6 Å². The Labute approximate surface area is 242 Å². The molecule has 0 saturated carbocycles. The molecule has 0 aliphatic carbocycles. The van der Waals surface area contributed by atoms with E-state index in [4.69, 9.17) is 11.6 Å². The number of carbonyl (C=O) groups is 2. The molecule has 2 unspecified atom stereocenters. The predicted molar refractivity (Wildman–Crippen MR) is 150 cm³/mol. The molecule has 1 aromatic carbocycles. The van der Waals surface area contributed by atoms with Crippen LogP contribution in [0, 0.1) is 5.92 Å². The van der Waals surface area contributed by atoms with Crippen molar-refractivity contribution in [3.63, 3.8) is 0 Å². The molecule has 0 radical (unpaired) electrons. The van der Waals surface area contributed by atoms with Gasteiger partial charge >= 0.3 is 12.1 Å². The van der Waals surface area contributed by atoms with Crippen molar-refractivity contribution < 1.29 is 22.8 Å². The van der Waals surface area contributed by atoms with Gasteiger partial charge in [0.05, 0.1) is 47.0 Å². The molecule has 218 valence electrons. The molecule has 0 spiro atoms. The van der Waals surface area contributed by atoms with Crippen molar-refractivity contribution in [3.05, 3.63) is 76.2 Å². The van der Waals surface area contributed by atoms with Gasteiger partial charge in [0.25, 0.3) is 5.56 Å². The first-order chi connectivity index (χ1) is 19.9. The van der Waals surface area contributed by atoms with Crippen LogP contribution in [0.2, 0.25) is 5.02 Å². The zero-order valence-corrected chi connectivity index (χ0v) is 23.2. The Morgan fingerprint density at radius 2 is 1.90 bits per heavy atom. The summed E-state index contributed by atoms with van der Waals surface area (Å²) in [5.74, 6) is -2.62. The largest absolute Gasteiger partial charge is 0.471 e. The Bertz CT molecular complexity index is 1730. The summed E-state index contributed by atoms with van der Waals surface area (Å²) in [5, 5.41) is 9.24. The molecule has 0 saturated heterocycles. The minimum absolute atomic E-state index is 0.0240. The third-order valence-corrected chi connectivity index (χ3v) is 7.32.